The number of hydrogen-bond donors (Lipinski definition) is 1. The van der Waals surface area contributed by atoms with Crippen LogP contribution >= 0.6 is 0 Å². The van der Waals surface area contributed by atoms with Crippen LogP contribution in [0.5, 0.6) is 0 Å². The third-order valence-electron chi connectivity index (χ3n) is 4.33. The smallest absolute Gasteiger partial charge is 0.111 e. The number of methoxy groups -OCH3 is 1. The van der Waals surface area contributed by atoms with E-state index in [4.69, 9.17) is 15.5 Å². The Labute approximate surface area is 119 Å². The Morgan fingerprint density at radius 1 is 1.35 bits per heavy atom. The molecule has 2 unspecified atom stereocenters. The number of imidazole rings is 1. The molecule has 0 bridgehead atoms. The number of rotatable bonds is 4. The summed E-state index contributed by atoms with van der Waals surface area (Å²) < 4.78 is 7.98. The quantitative estimate of drug-likeness (QED) is 0.931. The number of fused-ring (bicyclic) bond motifs is 1. The van der Waals surface area contributed by atoms with Crippen LogP contribution in [-0.4, -0.2) is 29.3 Å². The van der Waals surface area contributed by atoms with Gasteiger partial charge in [0, 0.05) is 19.6 Å². The summed E-state index contributed by atoms with van der Waals surface area (Å²) in [6, 6.07) is 8.87. The van der Waals surface area contributed by atoms with Crippen molar-refractivity contribution in [3.63, 3.8) is 0 Å². The van der Waals surface area contributed by atoms with Gasteiger partial charge in [0.2, 0.25) is 0 Å². The number of ether oxygens (including phenoxy) is 1. The van der Waals surface area contributed by atoms with Gasteiger partial charge in [-0.3, -0.25) is 0 Å². The largest absolute Gasteiger partial charge is 0.381 e. The standard InChI is InChI=1S/C16H23N3O/c1-20-13-6-4-5-12(11-13)19-15-8-3-2-7-14(15)18-16(19)9-10-17/h2-3,7-8,12-13H,4-6,9-11,17H2,1H3. The van der Waals surface area contributed by atoms with Crippen molar-refractivity contribution < 1.29 is 4.74 Å². The Morgan fingerprint density at radius 2 is 2.20 bits per heavy atom. The molecule has 1 aliphatic carbocycles. The lowest BCUT2D eigenvalue weighted by molar-refractivity contribution is 0.0533. The van der Waals surface area contributed by atoms with Crippen LogP contribution in [0.15, 0.2) is 24.3 Å². The van der Waals surface area contributed by atoms with Gasteiger partial charge >= 0.3 is 0 Å². The molecule has 2 N–H and O–H groups in total. The van der Waals surface area contributed by atoms with Crippen LogP contribution in [0, 0.1) is 0 Å². The monoisotopic (exact) mass is 273 g/mol. The fourth-order valence-corrected chi connectivity index (χ4v) is 3.38. The third-order valence-corrected chi connectivity index (χ3v) is 4.33. The van der Waals surface area contributed by atoms with Crippen molar-refractivity contribution in [1.29, 1.82) is 0 Å². The number of nitrogens with two attached hydrogens (primary N) is 1. The first-order valence-corrected chi connectivity index (χ1v) is 7.52. The summed E-state index contributed by atoms with van der Waals surface area (Å²) in [5.41, 5.74) is 8.07. The van der Waals surface area contributed by atoms with Crippen LogP contribution in [0.3, 0.4) is 0 Å². The normalized spacial score (nSPS) is 23.3. The zero-order valence-corrected chi connectivity index (χ0v) is 12.1. The van der Waals surface area contributed by atoms with Crippen molar-refractivity contribution in [3.8, 4) is 0 Å². The lowest BCUT2D eigenvalue weighted by atomic mass is 9.92. The van der Waals surface area contributed by atoms with Crippen molar-refractivity contribution >= 4 is 11.0 Å². The van der Waals surface area contributed by atoms with Gasteiger partial charge in [-0.1, -0.05) is 12.1 Å². The number of para-hydroxylation sites is 2. The molecule has 3 rings (SSSR count). The maximum Gasteiger partial charge on any atom is 0.111 e. The molecule has 20 heavy (non-hydrogen) atoms. The topological polar surface area (TPSA) is 53.1 Å². The summed E-state index contributed by atoms with van der Waals surface area (Å²) in [7, 11) is 1.82. The predicted octanol–water partition coefficient (Wildman–Crippen LogP) is 2.67. The molecule has 1 saturated carbocycles. The first-order chi connectivity index (χ1) is 9.83. The molecule has 108 valence electrons. The molecule has 4 heteroatoms. The van der Waals surface area contributed by atoms with E-state index in [-0.39, 0.29) is 0 Å². The molecule has 1 aliphatic rings. The zero-order valence-electron chi connectivity index (χ0n) is 12.1. The summed E-state index contributed by atoms with van der Waals surface area (Å²) in [6.07, 6.45) is 5.89. The molecule has 1 fully saturated rings. The fraction of sp³-hybridized carbons (Fsp3) is 0.562. The number of hydrogen-bond acceptors (Lipinski definition) is 3. The van der Waals surface area contributed by atoms with Gasteiger partial charge in [0.05, 0.1) is 17.1 Å². The number of nitrogens with zero attached hydrogens (tertiary/aromatic N) is 2. The highest BCUT2D eigenvalue weighted by molar-refractivity contribution is 5.76. The van der Waals surface area contributed by atoms with Gasteiger partial charge in [-0.2, -0.15) is 0 Å². The molecule has 0 spiro atoms. The van der Waals surface area contributed by atoms with Crippen LogP contribution in [0.1, 0.15) is 37.5 Å². The SMILES string of the molecule is COC1CCCC(n2c(CCN)nc3ccccc32)C1. The van der Waals surface area contributed by atoms with E-state index in [1.807, 2.05) is 13.2 Å². The van der Waals surface area contributed by atoms with E-state index >= 15 is 0 Å². The van der Waals surface area contributed by atoms with Crippen molar-refractivity contribution in [3.05, 3.63) is 30.1 Å². The minimum absolute atomic E-state index is 0.376. The maximum absolute atomic E-state index is 5.76. The molecular weight excluding hydrogens is 250 g/mol. The molecular formula is C16H23N3O. The summed E-state index contributed by atoms with van der Waals surface area (Å²) in [5, 5.41) is 0. The second-order valence-corrected chi connectivity index (χ2v) is 5.60. The summed E-state index contributed by atoms with van der Waals surface area (Å²) >= 11 is 0. The molecule has 0 saturated heterocycles. The molecule has 1 aromatic carbocycles. The number of aromatic nitrogens is 2. The first-order valence-electron chi connectivity index (χ1n) is 7.52. The highest BCUT2D eigenvalue weighted by atomic mass is 16.5. The van der Waals surface area contributed by atoms with Crippen LogP contribution in [0.2, 0.25) is 0 Å². The zero-order chi connectivity index (χ0) is 13.9. The van der Waals surface area contributed by atoms with Gasteiger partial charge in [0.25, 0.3) is 0 Å². The maximum atomic E-state index is 5.76. The molecule has 0 amide bonds. The lowest BCUT2D eigenvalue weighted by Crippen LogP contribution is -2.25. The van der Waals surface area contributed by atoms with Gasteiger partial charge in [-0.15, -0.1) is 0 Å². The van der Waals surface area contributed by atoms with Crippen molar-refractivity contribution in [2.24, 2.45) is 5.73 Å². The molecule has 0 aliphatic heterocycles. The van der Waals surface area contributed by atoms with Gasteiger partial charge in [0.1, 0.15) is 5.82 Å². The molecule has 2 atom stereocenters. The summed E-state index contributed by atoms with van der Waals surface area (Å²) in [6.45, 7) is 0.643. The van der Waals surface area contributed by atoms with Crippen LogP contribution in [-0.2, 0) is 11.2 Å². The molecule has 0 radical (unpaired) electrons. The Bertz CT molecular complexity index is 578. The average Bonchev–Trinajstić information content (AvgIpc) is 2.85. The number of benzene rings is 1. The van der Waals surface area contributed by atoms with Crippen molar-refractivity contribution in [2.75, 3.05) is 13.7 Å². The van der Waals surface area contributed by atoms with Gasteiger partial charge in [-0.05, 0) is 44.4 Å². The van der Waals surface area contributed by atoms with Crippen LogP contribution in [0.4, 0.5) is 0 Å². The minimum atomic E-state index is 0.376. The van der Waals surface area contributed by atoms with Crippen LogP contribution < -0.4 is 5.73 Å². The first kappa shape index (κ1) is 13.6. The van der Waals surface area contributed by atoms with E-state index < -0.39 is 0 Å². The highest BCUT2D eigenvalue weighted by Crippen LogP contribution is 2.33. The second kappa shape index (κ2) is 5.94. The second-order valence-electron chi connectivity index (χ2n) is 5.60. The molecule has 4 nitrogen and oxygen atoms in total. The van der Waals surface area contributed by atoms with Crippen LogP contribution in [0.25, 0.3) is 11.0 Å². The van der Waals surface area contributed by atoms with Gasteiger partial charge < -0.3 is 15.0 Å². The average molecular weight is 273 g/mol. The van der Waals surface area contributed by atoms with Gasteiger partial charge in [0.15, 0.2) is 0 Å². The van der Waals surface area contributed by atoms with E-state index in [0.717, 1.165) is 24.2 Å². The third kappa shape index (κ3) is 2.45. The predicted molar refractivity (Wildman–Crippen MR) is 80.8 cm³/mol. The van der Waals surface area contributed by atoms with Crippen molar-refractivity contribution in [1.82, 2.24) is 9.55 Å². The Balaban J connectivity index is 2.01. The highest BCUT2D eigenvalue weighted by Gasteiger charge is 2.26. The van der Waals surface area contributed by atoms with E-state index in [1.54, 1.807) is 0 Å². The Morgan fingerprint density at radius 3 is 3.00 bits per heavy atom. The van der Waals surface area contributed by atoms with E-state index in [9.17, 15) is 0 Å². The molecule has 1 aromatic heterocycles. The van der Waals surface area contributed by atoms with E-state index in [2.05, 4.69) is 22.8 Å². The Kier molecular flexibility index (Phi) is 4.03. The molecule has 1 heterocycles. The Hall–Kier alpha value is -1.39. The van der Waals surface area contributed by atoms with Gasteiger partial charge in [-0.25, -0.2) is 4.98 Å². The fourth-order valence-electron chi connectivity index (χ4n) is 3.38. The van der Waals surface area contributed by atoms with E-state index in [1.165, 1.54) is 24.8 Å². The van der Waals surface area contributed by atoms with E-state index in [0.29, 0.717) is 18.7 Å². The molecule has 2 aromatic rings. The summed E-state index contributed by atoms with van der Waals surface area (Å²) in [5.74, 6) is 1.12. The van der Waals surface area contributed by atoms with Crippen molar-refractivity contribution in [2.45, 2.75) is 44.2 Å². The summed E-state index contributed by atoms with van der Waals surface area (Å²) in [4.78, 5) is 4.77. The lowest BCUT2D eigenvalue weighted by Gasteiger charge is -2.30. The minimum Gasteiger partial charge on any atom is -0.381 e.